The second-order valence-corrected chi connectivity index (χ2v) is 5.85. The standard InChI is InChI=1S/C12H24N4OS/c1-5-7-13-11-10(14-15-18-11)8-16(6-2)9-12(3,4)17/h13,17H,5-9H2,1-4H3. The Morgan fingerprint density at radius 2 is 2.11 bits per heavy atom. The van der Waals surface area contributed by atoms with E-state index in [9.17, 15) is 5.11 Å². The van der Waals surface area contributed by atoms with Gasteiger partial charge in [0.25, 0.3) is 0 Å². The molecule has 1 heterocycles. The molecule has 0 amide bonds. The van der Waals surface area contributed by atoms with Crippen molar-refractivity contribution in [3.8, 4) is 0 Å². The van der Waals surface area contributed by atoms with E-state index in [0.29, 0.717) is 6.54 Å². The number of hydrogen-bond acceptors (Lipinski definition) is 6. The van der Waals surface area contributed by atoms with Crippen LogP contribution in [-0.4, -0.2) is 44.8 Å². The van der Waals surface area contributed by atoms with Gasteiger partial charge in [-0.2, -0.15) is 0 Å². The average molecular weight is 272 g/mol. The van der Waals surface area contributed by atoms with Crippen molar-refractivity contribution < 1.29 is 5.11 Å². The van der Waals surface area contributed by atoms with Crippen LogP contribution in [0.3, 0.4) is 0 Å². The van der Waals surface area contributed by atoms with Crippen LogP contribution >= 0.6 is 11.5 Å². The molecular formula is C12H24N4OS. The number of rotatable bonds is 8. The van der Waals surface area contributed by atoms with Gasteiger partial charge in [-0.05, 0) is 26.8 Å². The van der Waals surface area contributed by atoms with Gasteiger partial charge in [-0.3, -0.25) is 4.90 Å². The maximum absolute atomic E-state index is 9.87. The molecule has 0 unspecified atom stereocenters. The largest absolute Gasteiger partial charge is 0.389 e. The van der Waals surface area contributed by atoms with Gasteiger partial charge in [-0.1, -0.05) is 18.3 Å². The van der Waals surface area contributed by atoms with E-state index in [1.807, 2.05) is 13.8 Å². The summed E-state index contributed by atoms with van der Waals surface area (Å²) in [4.78, 5) is 2.17. The molecule has 104 valence electrons. The van der Waals surface area contributed by atoms with E-state index >= 15 is 0 Å². The van der Waals surface area contributed by atoms with Crippen LogP contribution in [0.5, 0.6) is 0 Å². The maximum atomic E-state index is 9.87. The Labute approximate surface area is 113 Å². The van der Waals surface area contributed by atoms with E-state index in [-0.39, 0.29) is 0 Å². The van der Waals surface area contributed by atoms with Crippen molar-refractivity contribution in [1.29, 1.82) is 0 Å². The van der Waals surface area contributed by atoms with Crippen LogP contribution in [0.1, 0.15) is 39.8 Å². The smallest absolute Gasteiger partial charge is 0.134 e. The summed E-state index contributed by atoms with van der Waals surface area (Å²) in [6.07, 6.45) is 1.08. The van der Waals surface area contributed by atoms with Crippen molar-refractivity contribution in [3.63, 3.8) is 0 Å². The normalized spacial score (nSPS) is 12.1. The molecule has 18 heavy (non-hydrogen) atoms. The molecule has 0 aliphatic rings. The fourth-order valence-electron chi connectivity index (χ4n) is 1.72. The Morgan fingerprint density at radius 3 is 2.67 bits per heavy atom. The molecule has 0 aliphatic carbocycles. The summed E-state index contributed by atoms with van der Waals surface area (Å²) >= 11 is 1.40. The highest BCUT2D eigenvalue weighted by Crippen LogP contribution is 2.20. The van der Waals surface area contributed by atoms with Crippen molar-refractivity contribution in [1.82, 2.24) is 14.5 Å². The van der Waals surface area contributed by atoms with Crippen LogP contribution in [0, 0.1) is 0 Å². The molecule has 2 N–H and O–H groups in total. The van der Waals surface area contributed by atoms with Crippen molar-refractivity contribution in [2.45, 2.75) is 46.3 Å². The minimum atomic E-state index is -0.684. The first-order valence-electron chi connectivity index (χ1n) is 6.46. The second kappa shape index (κ2) is 7.01. The van der Waals surface area contributed by atoms with E-state index in [4.69, 9.17) is 0 Å². The molecule has 0 spiro atoms. The van der Waals surface area contributed by atoms with Crippen LogP contribution in [0.25, 0.3) is 0 Å². The summed E-state index contributed by atoms with van der Waals surface area (Å²) in [5.74, 6) is 0. The number of aromatic nitrogens is 2. The highest BCUT2D eigenvalue weighted by molar-refractivity contribution is 7.10. The SMILES string of the molecule is CCCNc1snnc1CN(CC)CC(C)(C)O. The molecule has 1 rings (SSSR count). The Morgan fingerprint density at radius 1 is 1.39 bits per heavy atom. The van der Waals surface area contributed by atoms with Crippen molar-refractivity contribution >= 4 is 16.5 Å². The highest BCUT2D eigenvalue weighted by Gasteiger charge is 2.19. The second-order valence-electron chi connectivity index (χ2n) is 5.09. The third-order valence-corrected chi connectivity index (χ3v) is 3.25. The predicted octanol–water partition coefficient (Wildman–Crippen LogP) is 1.95. The van der Waals surface area contributed by atoms with Crippen molar-refractivity contribution in [2.24, 2.45) is 0 Å². The molecule has 0 saturated carbocycles. The lowest BCUT2D eigenvalue weighted by Crippen LogP contribution is -2.38. The number of hydrogen-bond donors (Lipinski definition) is 2. The lowest BCUT2D eigenvalue weighted by atomic mass is 10.1. The van der Waals surface area contributed by atoms with Gasteiger partial charge in [0, 0.05) is 31.2 Å². The highest BCUT2D eigenvalue weighted by atomic mass is 32.1. The maximum Gasteiger partial charge on any atom is 0.134 e. The van der Waals surface area contributed by atoms with E-state index in [0.717, 1.165) is 36.8 Å². The fraction of sp³-hybridized carbons (Fsp3) is 0.833. The number of aliphatic hydroxyl groups is 1. The number of nitrogens with zero attached hydrogens (tertiary/aromatic N) is 3. The zero-order valence-corrected chi connectivity index (χ0v) is 12.5. The summed E-state index contributed by atoms with van der Waals surface area (Å²) in [5.41, 5.74) is 0.288. The molecular weight excluding hydrogens is 248 g/mol. The summed E-state index contributed by atoms with van der Waals surface area (Å²) in [6.45, 7) is 11.1. The van der Waals surface area contributed by atoms with Gasteiger partial charge in [0.05, 0.1) is 5.60 Å². The molecule has 1 aromatic heterocycles. The lowest BCUT2D eigenvalue weighted by Gasteiger charge is -2.27. The Kier molecular flexibility index (Phi) is 5.98. The van der Waals surface area contributed by atoms with Gasteiger partial charge in [0.2, 0.25) is 0 Å². The van der Waals surface area contributed by atoms with Gasteiger partial charge in [-0.25, -0.2) is 0 Å². The third-order valence-electron chi connectivity index (χ3n) is 2.52. The Bertz CT molecular complexity index is 348. The van der Waals surface area contributed by atoms with E-state index < -0.39 is 5.60 Å². The first-order valence-corrected chi connectivity index (χ1v) is 7.23. The molecule has 5 nitrogen and oxygen atoms in total. The molecule has 0 fully saturated rings. The van der Waals surface area contributed by atoms with Gasteiger partial charge in [-0.15, -0.1) is 5.10 Å². The molecule has 0 aromatic carbocycles. The van der Waals surface area contributed by atoms with Crippen LogP contribution < -0.4 is 5.32 Å². The minimum Gasteiger partial charge on any atom is -0.389 e. The van der Waals surface area contributed by atoms with Gasteiger partial charge in [0.15, 0.2) is 0 Å². The molecule has 0 saturated heterocycles. The van der Waals surface area contributed by atoms with Gasteiger partial charge < -0.3 is 10.4 Å². The first-order chi connectivity index (χ1) is 8.46. The van der Waals surface area contributed by atoms with Crippen molar-refractivity contribution in [3.05, 3.63) is 5.69 Å². The van der Waals surface area contributed by atoms with Crippen LogP contribution in [0.15, 0.2) is 0 Å². The van der Waals surface area contributed by atoms with Crippen molar-refractivity contribution in [2.75, 3.05) is 25.0 Å². The van der Waals surface area contributed by atoms with Gasteiger partial charge in [0.1, 0.15) is 10.7 Å². The summed E-state index contributed by atoms with van der Waals surface area (Å²) < 4.78 is 4.00. The quantitative estimate of drug-likeness (QED) is 0.757. The fourth-order valence-corrected chi connectivity index (χ4v) is 2.32. The van der Waals surface area contributed by atoms with Gasteiger partial charge >= 0.3 is 0 Å². The van der Waals surface area contributed by atoms with E-state index in [2.05, 4.69) is 33.7 Å². The number of anilines is 1. The third kappa shape index (κ3) is 5.29. The molecule has 0 aliphatic heterocycles. The average Bonchev–Trinajstić information content (AvgIpc) is 2.71. The van der Waals surface area contributed by atoms with E-state index in [1.165, 1.54) is 11.5 Å². The predicted molar refractivity (Wildman–Crippen MR) is 75.9 cm³/mol. The van der Waals surface area contributed by atoms with E-state index in [1.54, 1.807) is 0 Å². The monoisotopic (exact) mass is 272 g/mol. The number of nitrogens with one attached hydrogen (secondary N) is 1. The first kappa shape index (κ1) is 15.3. The lowest BCUT2D eigenvalue weighted by molar-refractivity contribution is 0.0350. The molecule has 0 atom stereocenters. The topological polar surface area (TPSA) is 61.3 Å². The minimum absolute atomic E-state index is 0.633. The molecule has 0 radical (unpaired) electrons. The zero-order valence-electron chi connectivity index (χ0n) is 11.7. The Hall–Kier alpha value is -0.720. The number of likely N-dealkylation sites (N-methyl/N-ethyl adjacent to an activating group) is 1. The summed E-state index contributed by atoms with van der Waals surface area (Å²) in [7, 11) is 0. The van der Waals surface area contributed by atoms with Crippen LogP contribution in [-0.2, 0) is 6.54 Å². The Balaban J connectivity index is 2.61. The van der Waals surface area contributed by atoms with Crippen LogP contribution in [0.4, 0.5) is 5.00 Å². The molecule has 1 aromatic rings. The zero-order chi connectivity index (χ0) is 13.6. The summed E-state index contributed by atoms with van der Waals surface area (Å²) in [6, 6.07) is 0. The van der Waals surface area contributed by atoms with Crippen LogP contribution in [0.2, 0.25) is 0 Å². The summed E-state index contributed by atoms with van der Waals surface area (Å²) in [5, 5.41) is 18.4. The molecule has 6 heteroatoms. The molecule has 0 bridgehead atoms.